The van der Waals surface area contributed by atoms with Crippen molar-refractivity contribution in [3.63, 3.8) is 0 Å². The van der Waals surface area contributed by atoms with Crippen LogP contribution in [0.4, 0.5) is 0 Å². The molecule has 2 nitrogen and oxygen atoms in total. The van der Waals surface area contributed by atoms with E-state index in [0.29, 0.717) is 11.7 Å². The number of carbonyl (C=O) groups excluding carboxylic acids is 1. The number of benzene rings is 1. The summed E-state index contributed by atoms with van der Waals surface area (Å²) in [6.07, 6.45) is 2.99. The van der Waals surface area contributed by atoms with Gasteiger partial charge in [-0.2, -0.15) is 11.8 Å². The van der Waals surface area contributed by atoms with E-state index in [1.54, 1.807) is 11.8 Å². The molecular formula is C15H23NOS. The van der Waals surface area contributed by atoms with E-state index in [9.17, 15) is 4.79 Å². The topological polar surface area (TPSA) is 29.1 Å². The Hall–Kier alpha value is -0.960. The van der Waals surface area contributed by atoms with Gasteiger partial charge in [-0.1, -0.05) is 45.0 Å². The second-order valence-corrected chi connectivity index (χ2v) is 5.68. The van der Waals surface area contributed by atoms with E-state index in [2.05, 4.69) is 50.4 Å². The van der Waals surface area contributed by atoms with Gasteiger partial charge in [0.1, 0.15) is 0 Å². The molecule has 1 unspecified atom stereocenters. The molecule has 1 N–H and O–H groups in total. The molecule has 3 heteroatoms. The smallest absolute Gasteiger partial charge is 0.230 e. The first-order valence-electron chi connectivity index (χ1n) is 6.45. The van der Waals surface area contributed by atoms with Gasteiger partial charge in [0.25, 0.3) is 0 Å². The fraction of sp³-hybridized carbons (Fsp3) is 0.533. The zero-order chi connectivity index (χ0) is 13.5. The molecule has 18 heavy (non-hydrogen) atoms. The van der Waals surface area contributed by atoms with Gasteiger partial charge >= 0.3 is 0 Å². The molecule has 0 saturated heterocycles. The quantitative estimate of drug-likeness (QED) is 0.854. The van der Waals surface area contributed by atoms with Gasteiger partial charge in [0.15, 0.2) is 0 Å². The first-order valence-corrected chi connectivity index (χ1v) is 7.85. The van der Waals surface area contributed by atoms with E-state index in [1.807, 2.05) is 6.26 Å². The lowest BCUT2D eigenvalue weighted by Crippen LogP contribution is -2.32. The normalized spacial score (nSPS) is 12.5. The highest BCUT2D eigenvalue weighted by Gasteiger charge is 2.17. The summed E-state index contributed by atoms with van der Waals surface area (Å²) in [5, 5.41) is 3.11. The maximum absolute atomic E-state index is 11.7. The Morgan fingerprint density at radius 3 is 2.33 bits per heavy atom. The average molecular weight is 265 g/mol. The van der Waals surface area contributed by atoms with Crippen LogP contribution in [0.25, 0.3) is 0 Å². The molecule has 1 atom stereocenters. The van der Waals surface area contributed by atoms with Crippen molar-refractivity contribution in [1.29, 1.82) is 0 Å². The van der Waals surface area contributed by atoms with Crippen molar-refractivity contribution in [3.8, 4) is 0 Å². The molecule has 0 aliphatic rings. The maximum atomic E-state index is 11.7. The van der Waals surface area contributed by atoms with Gasteiger partial charge in [0.2, 0.25) is 5.91 Å². The summed E-state index contributed by atoms with van der Waals surface area (Å²) in [6.45, 7) is 6.42. The van der Waals surface area contributed by atoms with Crippen molar-refractivity contribution in [2.45, 2.75) is 33.2 Å². The Kier molecular flexibility index (Phi) is 6.27. The Bertz CT molecular complexity index is 373. The van der Waals surface area contributed by atoms with E-state index in [-0.39, 0.29) is 11.9 Å². The van der Waals surface area contributed by atoms with Crippen molar-refractivity contribution in [2.75, 3.05) is 12.0 Å². The fourth-order valence-corrected chi connectivity index (χ4v) is 2.29. The van der Waals surface area contributed by atoms with Crippen LogP contribution in [0, 0.1) is 5.92 Å². The highest BCUT2D eigenvalue weighted by molar-refractivity contribution is 7.99. The van der Waals surface area contributed by atoms with Gasteiger partial charge in [0.05, 0.1) is 11.8 Å². The number of thioether (sulfide) groups is 1. The molecular weight excluding hydrogens is 242 g/mol. The lowest BCUT2D eigenvalue weighted by atomic mass is 9.95. The lowest BCUT2D eigenvalue weighted by Gasteiger charge is -2.23. The van der Waals surface area contributed by atoms with E-state index < -0.39 is 0 Å². The van der Waals surface area contributed by atoms with Crippen LogP contribution < -0.4 is 5.32 Å². The molecule has 0 bridgehead atoms. The van der Waals surface area contributed by atoms with Gasteiger partial charge in [-0.3, -0.25) is 4.79 Å². The van der Waals surface area contributed by atoms with Crippen LogP contribution in [0.5, 0.6) is 0 Å². The zero-order valence-electron chi connectivity index (χ0n) is 11.7. The predicted molar refractivity (Wildman–Crippen MR) is 79.9 cm³/mol. The summed E-state index contributed by atoms with van der Waals surface area (Å²) < 4.78 is 0. The third kappa shape index (κ3) is 4.37. The second-order valence-electron chi connectivity index (χ2n) is 4.82. The van der Waals surface area contributed by atoms with Crippen molar-refractivity contribution < 1.29 is 4.79 Å². The molecule has 0 heterocycles. The SMILES string of the molecule is CCc1ccc(C(NC(=O)CSC)C(C)C)cc1. The molecule has 0 radical (unpaired) electrons. The molecule has 0 spiro atoms. The molecule has 1 rings (SSSR count). The molecule has 1 aromatic carbocycles. The molecule has 0 aliphatic carbocycles. The number of carbonyl (C=O) groups is 1. The Labute approximate surface area is 115 Å². The Balaban J connectivity index is 2.80. The Morgan fingerprint density at radius 1 is 1.28 bits per heavy atom. The summed E-state index contributed by atoms with van der Waals surface area (Å²) in [6, 6.07) is 8.65. The summed E-state index contributed by atoms with van der Waals surface area (Å²) >= 11 is 1.55. The second kappa shape index (κ2) is 7.47. The number of rotatable bonds is 6. The van der Waals surface area contributed by atoms with Crippen LogP contribution in [-0.4, -0.2) is 17.9 Å². The molecule has 0 fully saturated rings. The minimum absolute atomic E-state index is 0.107. The first kappa shape index (κ1) is 15.1. The molecule has 0 aliphatic heterocycles. The zero-order valence-corrected chi connectivity index (χ0v) is 12.5. The van der Waals surface area contributed by atoms with E-state index in [4.69, 9.17) is 0 Å². The Morgan fingerprint density at radius 2 is 1.89 bits per heavy atom. The summed E-state index contributed by atoms with van der Waals surface area (Å²) in [5.41, 5.74) is 2.52. The van der Waals surface area contributed by atoms with Crippen molar-refractivity contribution >= 4 is 17.7 Å². The highest BCUT2D eigenvalue weighted by atomic mass is 32.2. The van der Waals surface area contributed by atoms with Crippen molar-refractivity contribution in [3.05, 3.63) is 35.4 Å². The van der Waals surface area contributed by atoms with Crippen LogP contribution >= 0.6 is 11.8 Å². The van der Waals surface area contributed by atoms with E-state index in [1.165, 1.54) is 11.1 Å². The molecule has 0 aromatic heterocycles. The van der Waals surface area contributed by atoms with Crippen LogP contribution in [0.1, 0.15) is 37.9 Å². The van der Waals surface area contributed by atoms with Gasteiger partial charge in [-0.25, -0.2) is 0 Å². The monoisotopic (exact) mass is 265 g/mol. The minimum Gasteiger partial charge on any atom is -0.348 e. The van der Waals surface area contributed by atoms with Gasteiger partial charge in [-0.15, -0.1) is 0 Å². The summed E-state index contributed by atoms with van der Waals surface area (Å²) in [5.74, 6) is 1.03. The van der Waals surface area contributed by atoms with Crippen LogP contribution in [-0.2, 0) is 11.2 Å². The number of hydrogen-bond donors (Lipinski definition) is 1. The first-order chi connectivity index (χ1) is 8.58. The van der Waals surface area contributed by atoms with Crippen molar-refractivity contribution in [2.24, 2.45) is 5.92 Å². The number of amides is 1. The molecule has 100 valence electrons. The summed E-state index contributed by atoms with van der Waals surface area (Å²) in [7, 11) is 0. The van der Waals surface area contributed by atoms with Crippen LogP contribution in [0.2, 0.25) is 0 Å². The standard InChI is InChI=1S/C15H23NOS/c1-5-12-6-8-13(9-7-12)15(11(2)3)16-14(17)10-18-4/h6-9,11,15H,5,10H2,1-4H3,(H,16,17). The highest BCUT2D eigenvalue weighted by Crippen LogP contribution is 2.22. The van der Waals surface area contributed by atoms with Crippen LogP contribution in [0.15, 0.2) is 24.3 Å². The van der Waals surface area contributed by atoms with Crippen molar-refractivity contribution in [1.82, 2.24) is 5.32 Å². The predicted octanol–water partition coefficient (Wildman–Crippen LogP) is 3.43. The number of hydrogen-bond acceptors (Lipinski definition) is 2. The molecule has 1 amide bonds. The molecule has 1 aromatic rings. The van der Waals surface area contributed by atoms with Crippen LogP contribution in [0.3, 0.4) is 0 Å². The fourth-order valence-electron chi connectivity index (χ4n) is 1.94. The van der Waals surface area contributed by atoms with Gasteiger partial charge < -0.3 is 5.32 Å². The summed E-state index contributed by atoms with van der Waals surface area (Å²) in [4.78, 5) is 11.7. The largest absolute Gasteiger partial charge is 0.348 e. The van der Waals surface area contributed by atoms with Gasteiger partial charge in [-0.05, 0) is 29.7 Å². The lowest BCUT2D eigenvalue weighted by molar-refractivity contribution is -0.119. The van der Waals surface area contributed by atoms with E-state index in [0.717, 1.165) is 6.42 Å². The molecule has 0 saturated carbocycles. The third-order valence-electron chi connectivity index (χ3n) is 3.01. The van der Waals surface area contributed by atoms with Gasteiger partial charge in [0, 0.05) is 0 Å². The maximum Gasteiger partial charge on any atom is 0.230 e. The minimum atomic E-state index is 0.107. The average Bonchev–Trinajstić information content (AvgIpc) is 2.36. The third-order valence-corrected chi connectivity index (χ3v) is 3.56. The van der Waals surface area contributed by atoms with E-state index >= 15 is 0 Å². The number of aryl methyl sites for hydroxylation is 1. The number of nitrogens with one attached hydrogen (secondary N) is 1.